The standard InChI is InChI=1S/C26H24BrClN4O5/c1-3-36-23-7-5-4-6-20(23)31-25(34)26(35)32-29-14-17-12-18(27)9-11-22(17)37-15-24(33)30-21-13-19(28)10-8-16(21)2/h4-14H,3,15H2,1-2H3,(H,30,33)(H,31,34)(H,32,35)/b29-14-. The lowest BCUT2D eigenvalue weighted by Gasteiger charge is -2.12. The van der Waals surface area contributed by atoms with Gasteiger partial charge in [0, 0.05) is 20.7 Å². The van der Waals surface area contributed by atoms with Crippen LogP contribution in [0.1, 0.15) is 18.1 Å². The Morgan fingerprint density at radius 3 is 2.51 bits per heavy atom. The number of hydrogen-bond donors (Lipinski definition) is 3. The summed E-state index contributed by atoms with van der Waals surface area (Å²) in [4.78, 5) is 36.9. The van der Waals surface area contributed by atoms with E-state index in [-0.39, 0.29) is 12.5 Å². The summed E-state index contributed by atoms with van der Waals surface area (Å²) in [5.41, 5.74) is 4.44. The van der Waals surface area contributed by atoms with Gasteiger partial charge in [-0.25, -0.2) is 5.43 Å². The number of ether oxygens (including phenoxy) is 2. The van der Waals surface area contributed by atoms with Crippen molar-refractivity contribution >= 4 is 62.8 Å². The molecule has 0 aliphatic rings. The van der Waals surface area contributed by atoms with Gasteiger partial charge in [0.05, 0.1) is 18.5 Å². The summed E-state index contributed by atoms with van der Waals surface area (Å²) < 4.78 is 11.8. The molecule has 3 N–H and O–H groups in total. The molecule has 0 fully saturated rings. The third kappa shape index (κ3) is 8.33. The Bertz CT molecular complexity index is 1330. The number of nitrogens with zero attached hydrogens (tertiary/aromatic N) is 1. The Hall–Kier alpha value is -3.89. The van der Waals surface area contributed by atoms with Crippen LogP contribution < -0.4 is 25.5 Å². The molecule has 0 saturated heterocycles. The Kier molecular flexibility index (Phi) is 10.0. The minimum atomic E-state index is -0.976. The van der Waals surface area contributed by atoms with Gasteiger partial charge in [-0.1, -0.05) is 45.7 Å². The zero-order chi connectivity index (χ0) is 26.8. The third-order valence-electron chi connectivity index (χ3n) is 4.82. The summed E-state index contributed by atoms with van der Waals surface area (Å²) in [5.74, 6) is -1.48. The number of carbonyl (C=O) groups is 3. The molecule has 3 rings (SSSR count). The largest absolute Gasteiger partial charge is 0.492 e. The normalized spacial score (nSPS) is 10.6. The van der Waals surface area contributed by atoms with E-state index in [2.05, 4.69) is 37.1 Å². The van der Waals surface area contributed by atoms with Gasteiger partial charge in [0.2, 0.25) is 0 Å². The van der Waals surface area contributed by atoms with E-state index in [9.17, 15) is 14.4 Å². The highest BCUT2D eigenvalue weighted by atomic mass is 79.9. The average Bonchev–Trinajstić information content (AvgIpc) is 2.87. The second kappa shape index (κ2) is 13.4. The van der Waals surface area contributed by atoms with Gasteiger partial charge in [-0.3, -0.25) is 14.4 Å². The van der Waals surface area contributed by atoms with Crippen LogP contribution in [-0.2, 0) is 14.4 Å². The Morgan fingerprint density at radius 1 is 0.946 bits per heavy atom. The molecular formula is C26H24BrClN4O5. The molecule has 0 saturated carbocycles. The molecule has 37 heavy (non-hydrogen) atoms. The smallest absolute Gasteiger partial charge is 0.329 e. The van der Waals surface area contributed by atoms with Crippen molar-refractivity contribution in [1.82, 2.24) is 5.43 Å². The van der Waals surface area contributed by atoms with Crippen LogP contribution in [-0.4, -0.2) is 37.1 Å². The van der Waals surface area contributed by atoms with Crippen LogP contribution in [0.4, 0.5) is 11.4 Å². The SMILES string of the molecule is CCOc1ccccc1NC(=O)C(=O)N/N=C\c1cc(Br)ccc1OCC(=O)Nc1cc(Cl)ccc1C. The van der Waals surface area contributed by atoms with Crippen molar-refractivity contribution < 1.29 is 23.9 Å². The molecule has 11 heteroatoms. The number of amides is 3. The quantitative estimate of drug-likeness (QED) is 0.187. The summed E-state index contributed by atoms with van der Waals surface area (Å²) in [6.07, 6.45) is 1.30. The number of halogens is 2. The summed E-state index contributed by atoms with van der Waals surface area (Å²) in [6, 6.07) is 17.0. The van der Waals surface area contributed by atoms with Gasteiger partial charge in [-0.15, -0.1) is 0 Å². The topological polar surface area (TPSA) is 118 Å². The van der Waals surface area contributed by atoms with E-state index in [1.807, 2.05) is 13.8 Å². The number of benzene rings is 3. The number of carbonyl (C=O) groups excluding carboxylic acids is 3. The average molecular weight is 588 g/mol. The monoisotopic (exact) mass is 586 g/mol. The maximum Gasteiger partial charge on any atom is 0.329 e. The molecule has 0 radical (unpaired) electrons. The number of hydrogen-bond acceptors (Lipinski definition) is 6. The number of anilines is 2. The van der Waals surface area contributed by atoms with Gasteiger partial charge >= 0.3 is 11.8 Å². The highest BCUT2D eigenvalue weighted by Crippen LogP contribution is 2.24. The molecule has 0 aliphatic heterocycles. The number of hydrazone groups is 1. The van der Waals surface area contributed by atoms with Crippen molar-refractivity contribution in [2.24, 2.45) is 5.10 Å². The number of aryl methyl sites for hydroxylation is 1. The summed E-state index contributed by atoms with van der Waals surface area (Å²) >= 11 is 9.36. The molecule has 192 valence electrons. The molecule has 0 unspecified atom stereocenters. The predicted octanol–water partition coefficient (Wildman–Crippen LogP) is 4.92. The molecule has 0 atom stereocenters. The van der Waals surface area contributed by atoms with E-state index >= 15 is 0 Å². The fraction of sp³-hybridized carbons (Fsp3) is 0.154. The van der Waals surface area contributed by atoms with E-state index in [1.54, 1.807) is 60.7 Å². The fourth-order valence-electron chi connectivity index (χ4n) is 3.05. The third-order valence-corrected chi connectivity index (χ3v) is 5.54. The van der Waals surface area contributed by atoms with Gasteiger partial charge in [-0.05, 0) is 61.9 Å². The first kappa shape index (κ1) is 27.7. The maximum atomic E-state index is 12.4. The van der Waals surface area contributed by atoms with Crippen LogP contribution in [0, 0.1) is 6.92 Å². The number of nitrogens with one attached hydrogen (secondary N) is 3. The second-order valence-corrected chi connectivity index (χ2v) is 8.91. The Balaban J connectivity index is 1.60. The molecule has 3 amide bonds. The molecule has 3 aromatic carbocycles. The van der Waals surface area contributed by atoms with E-state index in [0.29, 0.717) is 40.1 Å². The first-order valence-corrected chi connectivity index (χ1v) is 12.3. The van der Waals surface area contributed by atoms with E-state index in [0.717, 1.165) is 10.0 Å². The van der Waals surface area contributed by atoms with Crippen LogP contribution in [0.3, 0.4) is 0 Å². The van der Waals surface area contributed by atoms with Crippen molar-refractivity contribution in [1.29, 1.82) is 0 Å². The molecule has 9 nitrogen and oxygen atoms in total. The summed E-state index contributed by atoms with van der Waals surface area (Å²) in [6.45, 7) is 3.79. The maximum absolute atomic E-state index is 12.4. The molecular weight excluding hydrogens is 564 g/mol. The minimum Gasteiger partial charge on any atom is -0.492 e. The van der Waals surface area contributed by atoms with Gasteiger partial charge in [0.1, 0.15) is 11.5 Å². The van der Waals surface area contributed by atoms with Crippen LogP contribution in [0.2, 0.25) is 5.02 Å². The Morgan fingerprint density at radius 2 is 1.73 bits per heavy atom. The molecule has 0 aliphatic carbocycles. The van der Waals surface area contributed by atoms with Gasteiger partial charge < -0.3 is 20.1 Å². The zero-order valence-corrected chi connectivity index (χ0v) is 22.4. The molecule has 0 aromatic heterocycles. The molecule has 0 bridgehead atoms. The minimum absolute atomic E-state index is 0.275. The van der Waals surface area contributed by atoms with Crippen molar-refractivity contribution in [3.63, 3.8) is 0 Å². The zero-order valence-electron chi connectivity index (χ0n) is 20.0. The van der Waals surface area contributed by atoms with Crippen LogP contribution in [0.25, 0.3) is 0 Å². The van der Waals surface area contributed by atoms with E-state index < -0.39 is 11.8 Å². The number of rotatable bonds is 9. The number of para-hydroxylation sites is 2. The molecule has 0 heterocycles. The van der Waals surface area contributed by atoms with Gasteiger partial charge in [-0.2, -0.15) is 5.10 Å². The van der Waals surface area contributed by atoms with E-state index in [1.165, 1.54) is 6.21 Å². The van der Waals surface area contributed by atoms with Crippen molar-refractivity contribution in [3.8, 4) is 11.5 Å². The molecule has 0 spiro atoms. The van der Waals surface area contributed by atoms with E-state index in [4.69, 9.17) is 21.1 Å². The predicted molar refractivity (Wildman–Crippen MR) is 146 cm³/mol. The summed E-state index contributed by atoms with van der Waals surface area (Å²) in [5, 5.41) is 9.59. The second-order valence-electron chi connectivity index (χ2n) is 7.56. The first-order valence-electron chi connectivity index (χ1n) is 11.1. The molecule has 3 aromatic rings. The highest BCUT2D eigenvalue weighted by Gasteiger charge is 2.15. The van der Waals surface area contributed by atoms with Crippen molar-refractivity contribution in [2.45, 2.75) is 13.8 Å². The highest BCUT2D eigenvalue weighted by molar-refractivity contribution is 9.10. The van der Waals surface area contributed by atoms with Crippen LogP contribution in [0.5, 0.6) is 11.5 Å². The van der Waals surface area contributed by atoms with Crippen LogP contribution >= 0.6 is 27.5 Å². The Labute approximate surface area is 227 Å². The van der Waals surface area contributed by atoms with Crippen molar-refractivity contribution in [3.05, 3.63) is 81.3 Å². The van der Waals surface area contributed by atoms with Gasteiger partial charge in [0.25, 0.3) is 5.91 Å². The lowest BCUT2D eigenvalue weighted by atomic mass is 10.2. The first-order chi connectivity index (χ1) is 17.8. The lowest BCUT2D eigenvalue weighted by molar-refractivity contribution is -0.136. The summed E-state index contributed by atoms with van der Waals surface area (Å²) in [7, 11) is 0. The van der Waals surface area contributed by atoms with Crippen molar-refractivity contribution in [2.75, 3.05) is 23.8 Å². The van der Waals surface area contributed by atoms with Gasteiger partial charge in [0.15, 0.2) is 6.61 Å². The fourth-order valence-corrected chi connectivity index (χ4v) is 3.60. The van der Waals surface area contributed by atoms with Crippen LogP contribution in [0.15, 0.2) is 70.2 Å². The lowest BCUT2D eigenvalue weighted by Crippen LogP contribution is -2.32.